The lowest BCUT2D eigenvalue weighted by Crippen LogP contribution is -2.38. The molecule has 0 saturated heterocycles. The molecule has 0 spiro atoms. The van der Waals surface area contributed by atoms with Crippen LogP contribution in [0.15, 0.2) is 58.9 Å². The van der Waals surface area contributed by atoms with Crippen LogP contribution in [0.25, 0.3) is 5.65 Å². The molecule has 2 aromatic rings. The first kappa shape index (κ1) is 22.1. The van der Waals surface area contributed by atoms with E-state index in [9.17, 15) is 9.90 Å². The predicted octanol–water partition coefficient (Wildman–Crippen LogP) is 2.20. The van der Waals surface area contributed by atoms with E-state index in [1.165, 1.54) is 48.1 Å². The first-order chi connectivity index (χ1) is 16.2. The zero-order chi connectivity index (χ0) is 22.6. The van der Waals surface area contributed by atoms with Gasteiger partial charge in [-0.3, -0.25) is 14.5 Å². The minimum Gasteiger partial charge on any atom is -0.373 e. The fraction of sp³-hybridized carbons (Fsp3) is 0.520. The summed E-state index contributed by atoms with van der Waals surface area (Å²) in [6, 6.07) is 6.73. The van der Waals surface area contributed by atoms with Crippen molar-refractivity contribution in [2.24, 2.45) is 5.92 Å². The number of aliphatic hydroxyl groups excluding tert-OH is 1. The Bertz CT molecular complexity index is 1090. The van der Waals surface area contributed by atoms with Gasteiger partial charge in [-0.15, -0.1) is 0 Å². The summed E-state index contributed by atoms with van der Waals surface area (Å²) in [6.45, 7) is 2.53. The fourth-order valence-electron chi connectivity index (χ4n) is 5.15. The normalized spacial score (nSPS) is 21.6. The molecule has 0 amide bonds. The molecule has 1 saturated carbocycles. The molecule has 8 heteroatoms. The monoisotopic (exact) mass is 450 g/mol. The smallest absolute Gasteiger partial charge is 0.258 e. The summed E-state index contributed by atoms with van der Waals surface area (Å²) in [5, 5.41) is 20.8. The van der Waals surface area contributed by atoms with Crippen LogP contribution in [0.5, 0.6) is 0 Å². The largest absolute Gasteiger partial charge is 0.373 e. The molecule has 2 aliphatic heterocycles. The van der Waals surface area contributed by atoms with Crippen molar-refractivity contribution in [1.82, 2.24) is 30.2 Å². The number of fused-ring (bicyclic) bond motifs is 2. The van der Waals surface area contributed by atoms with Gasteiger partial charge < -0.3 is 20.6 Å². The van der Waals surface area contributed by atoms with Crippen LogP contribution >= 0.6 is 0 Å². The first-order valence-electron chi connectivity index (χ1n) is 12.2. The van der Waals surface area contributed by atoms with Crippen LogP contribution in [0.4, 0.5) is 0 Å². The van der Waals surface area contributed by atoms with E-state index < -0.39 is 6.23 Å². The van der Waals surface area contributed by atoms with Crippen LogP contribution in [0.1, 0.15) is 56.9 Å². The molecule has 3 aliphatic rings. The van der Waals surface area contributed by atoms with Crippen molar-refractivity contribution in [3.05, 3.63) is 70.2 Å². The molecule has 2 atom stereocenters. The lowest BCUT2D eigenvalue weighted by Gasteiger charge is -2.29. The average molecular weight is 451 g/mol. The Morgan fingerprint density at radius 2 is 2.06 bits per heavy atom. The first-order valence-corrected chi connectivity index (χ1v) is 12.2. The molecule has 1 unspecified atom stereocenters. The van der Waals surface area contributed by atoms with Gasteiger partial charge in [-0.25, -0.2) is 4.98 Å². The Balaban J connectivity index is 1.12. The lowest BCUT2D eigenvalue weighted by atomic mass is 10.0. The Labute approximate surface area is 194 Å². The van der Waals surface area contributed by atoms with Gasteiger partial charge in [-0.1, -0.05) is 31.7 Å². The lowest BCUT2D eigenvalue weighted by molar-refractivity contribution is 0.138. The maximum absolute atomic E-state index is 12.3. The molecular formula is C25H34N6O2. The van der Waals surface area contributed by atoms with E-state index in [2.05, 4.69) is 38.2 Å². The Morgan fingerprint density at radius 1 is 1.18 bits per heavy atom. The molecule has 4 heterocycles. The summed E-state index contributed by atoms with van der Waals surface area (Å²) in [6.07, 6.45) is 14.4. The number of aromatic nitrogens is 2. The number of aliphatic hydroxyl groups is 1. The number of nitrogens with one attached hydrogen (secondary N) is 3. The third-order valence-electron chi connectivity index (χ3n) is 7.00. The quantitative estimate of drug-likeness (QED) is 0.344. The van der Waals surface area contributed by atoms with Gasteiger partial charge in [0, 0.05) is 43.4 Å². The number of rotatable bonds is 9. The van der Waals surface area contributed by atoms with Gasteiger partial charge in [-0.05, 0) is 49.4 Å². The van der Waals surface area contributed by atoms with E-state index in [4.69, 9.17) is 0 Å². The van der Waals surface area contributed by atoms with E-state index >= 15 is 0 Å². The van der Waals surface area contributed by atoms with Gasteiger partial charge in [0.1, 0.15) is 18.0 Å². The summed E-state index contributed by atoms with van der Waals surface area (Å²) < 4.78 is 1.46. The van der Waals surface area contributed by atoms with E-state index in [-0.39, 0.29) is 11.7 Å². The van der Waals surface area contributed by atoms with Gasteiger partial charge in [0.2, 0.25) is 0 Å². The van der Waals surface area contributed by atoms with Crippen LogP contribution in [-0.4, -0.2) is 45.2 Å². The van der Waals surface area contributed by atoms with E-state index in [0.717, 1.165) is 37.5 Å². The Hall–Kier alpha value is -2.68. The van der Waals surface area contributed by atoms with Crippen LogP contribution in [0.3, 0.4) is 0 Å². The van der Waals surface area contributed by atoms with Crippen LogP contribution in [0.2, 0.25) is 0 Å². The zero-order valence-corrected chi connectivity index (χ0v) is 19.0. The molecule has 0 radical (unpaired) electrons. The number of nitrogens with zero attached hydrogens (tertiary/aromatic N) is 3. The highest BCUT2D eigenvalue weighted by Crippen LogP contribution is 2.27. The van der Waals surface area contributed by atoms with E-state index in [0.29, 0.717) is 17.9 Å². The minimum absolute atomic E-state index is 0.207. The molecule has 8 nitrogen and oxygen atoms in total. The van der Waals surface area contributed by atoms with Gasteiger partial charge in [0.05, 0.1) is 5.69 Å². The Morgan fingerprint density at radius 3 is 2.94 bits per heavy atom. The van der Waals surface area contributed by atoms with Gasteiger partial charge in [0.25, 0.3) is 5.56 Å². The minimum atomic E-state index is -1.02. The maximum atomic E-state index is 12.3. The molecule has 2 aromatic heterocycles. The predicted molar refractivity (Wildman–Crippen MR) is 128 cm³/mol. The second-order valence-electron chi connectivity index (χ2n) is 9.44. The molecule has 33 heavy (non-hydrogen) atoms. The summed E-state index contributed by atoms with van der Waals surface area (Å²) in [4.78, 5) is 18.9. The summed E-state index contributed by atoms with van der Waals surface area (Å²) in [7, 11) is 0. The van der Waals surface area contributed by atoms with Crippen molar-refractivity contribution in [2.75, 3.05) is 19.6 Å². The van der Waals surface area contributed by atoms with Crippen LogP contribution in [0, 0.1) is 5.92 Å². The molecule has 4 N–H and O–H groups in total. The standard InChI is InChI=1S/C25H34N6O2/c32-24-13-21(29-23-7-3-4-12-31(23)24)25(33)27-15-20-17-30-16-19(8-9-22(30)28-20)14-26-11-10-18-5-1-2-6-18/h3-4,7,12-13,16-18,22,25-28,33H,1-2,5-6,8-11,14-15H2/t22?,25-/m0/s1. The molecule has 1 fully saturated rings. The van der Waals surface area contributed by atoms with Gasteiger partial charge in [-0.2, -0.15) is 0 Å². The maximum Gasteiger partial charge on any atom is 0.258 e. The molecular weight excluding hydrogens is 416 g/mol. The third-order valence-corrected chi connectivity index (χ3v) is 7.00. The van der Waals surface area contributed by atoms with Crippen molar-refractivity contribution in [1.29, 1.82) is 0 Å². The van der Waals surface area contributed by atoms with Crippen LogP contribution in [-0.2, 0) is 0 Å². The summed E-state index contributed by atoms with van der Waals surface area (Å²) >= 11 is 0. The highest BCUT2D eigenvalue weighted by atomic mass is 16.3. The molecule has 0 bridgehead atoms. The average Bonchev–Trinajstić information content (AvgIpc) is 3.49. The molecule has 5 rings (SSSR count). The molecule has 0 aromatic carbocycles. The highest BCUT2D eigenvalue weighted by Gasteiger charge is 2.26. The van der Waals surface area contributed by atoms with E-state index in [1.54, 1.807) is 18.3 Å². The highest BCUT2D eigenvalue weighted by molar-refractivity contribution is 5.38. The van der Waals surface area contributed by atoms with E-state index in [1.807, 2.05) is 6.07 Å². The fourth-order valence-corrected chi connectivity index (χ4v) is 5.15. The van der Waals surface area contributed by atoms with Crippen molar-refractivity contribution in [3.63, 3.8) is 0 Å². The summed E-state index contributed by atoms with van der Waals surface area (Å²) in [5.74, 6) is 0.933. The van der Waals surface area contributed by atoms with Crippen molar-refractivity contribution >= 4 is 5.65 Å². The number of hydrogen-bond acceptors (Lipinski definition) is 7. The van der Waals surface area contributed by atoms with Crippen molar-refractivity contribution in [3.8, 4) is 0 Å². The number of hydrogen-bond donors (Lipinski definition) is 4. The topological polar surface area (TPSA) is 93.9 Å². The zero-order valence-electron chi connectivity index (χ0n) is 19.0. The van der Waals surface area contributed by atoms with Gasteiger partial charge >= 0.3 is 0 Å². The SMILES string of the molecule is O=c1cc([C@H](O)NCC2=CN3C=C(CNCCC4CCCC4)CCC3N2)nc2ccccn12. The van der Waals surface area contributed by atoms with Crippen molar-refractivity contribution in [2.45, 2.75) is 57.3 Å². The third kappa shape index (κ3) is 5.29. The van der Waals surface area contributed by atoms with Crippen LogP contribution < -0.4 is 21.5 Å². The van der Waals surface area contributed by atoms with Crippen molar-refractivity contribution < 1.29 is 5.11 Å². The number of pyridine rings is 1. The second-order valence-corrected chi connectivity index (χ2v) is 9.44. The molecule has 176 valence electrons. The summed E-state index contributed by atoms with van der Waals surface area (Å²) in [5.41, 5.74) is 3.09. The molecule has 1 aliphatic carbocycles. The second kappa shape index (κ2) is 10.1. The Kier molecular flexibility index (Phi) is 6.75. The van der Waals surface area contributed by atoms with Gasteiger partial charge in [0.15, 0.2) is 0 Å².